The quantitative estimate of drug-likeness (QED) is 0.743. The van der Waals surface area contributed by atoms with E-state index in [1.165, 1.54) is 0 Å². The minimum absolute atomic E-state index is 0.0803. The number of aryl methyl sites for hydroxylation is 3. The molecule has 0 saturated heterocycles. The third-order valence-electron chi connectivity index (χ3n) is 4.49. The van der Waals surface area contributed by atoms with E-state index in [-0.39, 0.29) is 6.42 Å². The number of amides is 2. The van der Waals surface area contributed by atoms with E-state index in [9.17, 15) is 18.0 Å². The Morgan fingerprint density at radius 2 is 1.50 bits per heavy atom. The molecule has 0 bridgehead atoms. The summed E-state index contributed by atoms with van der Waals surface area (Å²) in [5.74, 6) is -2.04. The van der Waals surface area contributed by atoms with Gasteiger partial charge in [-0.1, -0.05) is 42.8 Å². The molecule has 2 amide bonds. The highest BCUT2D eigenvalue weighted by Crippen LogP contribution is 2.21. The van der Waals surface area contributed by atoms with Gasteiger partial charge >= 0.3 is 0 Å². The predicted octanol–water partition coefficient (Wildman–Crippen LogP) is 3.38. The van der Waals surface area contributed by atoms with Crippen molar-refractivity contribution in [1.82, 2.24) is 0 Å². The van der Waals surface area contributed by atoms with E-state index in [0.717, 1.165) is 16.7 Å². The van der Waals surface area contributed by atoms with Crippen molar-refractivity contribution >= 4 is 33.0 Å². The lowest BCUT2D eigenvalue weighted by atomic mass is 10.1. The van der Waals surface area contributed by atoms with Gasteiger partial charge in [-0.05, 0) is 50.5 Å². The van der Waals surface area contributed by atoms with Gasteiger partial charge in [-0.3, -0.25) is 9.59 Å². The maximum Gasteiger partial charge on any atom is 0.242 e. The molecule has 7 heteroatoms. The van der Waals surface area contributed by atoms with Crippen LogP contribution < -0.4 is 10.6 Å². The van der Waals surface area contributed by atoms with Gasteiger partial charge in [0, 0.05) is 11.4 Å². The second kappa shape index (κ2) is 9.01. The van der Waals surface area contributed by atoms with Crippen LogP contribution in [0.15, 0.2) is 42.5 Å². The Kier molecular flexibility index (Phi) is 6.96. The summed E-state index contributed by atoms with van der Waals surface area (Å²) in [6.07, 6.45) is 0.0803. The van der Waals surface area contributed by atoms with Crippen LogP contribution in [0.1, 0.15) is 30.0 Å². The Labute approximate surface area is 166 Å². The van der Waals surface area contributed by atoms with Gasteiger partial charge < -0.3 is 10.6 Å². The number of sulfone groups is 1. The Morgan fingerprint density at radius 3 is 2.04 bits per heavy atom. The van der Waals surface area contributed by atoms with Crippen LogP contribution in [-0.4, -0.2) is 31.2 Å². The number of benzene rings is 2. The van der Waals surface area contributed by atoms with E-state index in [0.29, 0.717) is 11.4 Å². The molecule has 1 atom stereocenters. The van der Waals surface area contributed by atoms with Gasteiger partial charge in [-0.25, -0.2) is 8.42 Å². The Morgan fingerprint density at radius 1 is 0.929 bits per heavy atom. The summed E-state index contributed by atoms with van der Waals surface area (Å²) < 4.78 is 25.4. The topological polar surface area (TPSA) is 92.3 Å². The molecule has 0 radical (unpaired) electrons. The molecule has 0 aliphatic carbocycles. The molecular weight excluding hydrogens is 376 g/mol. The van der Waals surface area contributed by atoms with Crippen LogP contribution in [-0.2, 0) is 19.4 Å². The van der Waals surface area contributed by atoms with Gasteiger partial charge in [0.15, 0.2) is 9.84 Å². The first-order valence-electron chi connectivity index (χ1n) is 9.09. The molecule has 2 rings (SSSR count). The van der Waals surface area contributed by atoms with E-state index < -0.39 is 32.7 Å². The van der Waals surface area contributed by atoms with E-state index in [4.69, 9.17) is 0 Å². The van der Waals surface area contributed by atoms with Gasteiger partial charge in [0.05, 0.1) is 0 Å². The zero-order chi connectivity index (χ0) is 20.9. The Balaban J connectivity index is 2.11. The van der Waals surface area contributed by atoms with Gasteiger partial charge in [-0.15, -0.1) is 0 Å². The maximum absolute atomic E-state index is 12.7. The van der Waals surface area contributed by atoms with Crippen LogP contribution >= 0.6 is 0 Å². The number of para-hydroxylation sites is 1. The summed E-state index contributed by atoms with van der Waals surface area (Å²) in [6, 6.07) is 12.6. The Hall–Kier alpha value is -2.67. The average molecular weight is 403 g/mol. The van der Waals surface area contributed by atoms with Crippen LogP contribution in [0.2, 0.25) is 0 Å². The van der Waals surface area contributed by atoms with Crippen LogP contribution in [0.3, 0.4) is 0 Å². The molecule has 2 N–H and O–H groups in total. The second-order valence-electron chi connectivity index (χ2n) is 6.87. The van der Waals surface area contributed by atoms with E-state index in [1.807, 2.05) is 51.1 Å². The predicted molar refractivity (Wildman–Crippen MR) is 112 cm³/mol. The van der Waals surface area contributed by atoms with Crippen molar-refractivity contribution in [2.45, 2.75) is 39.4 Å². The third kappa shape index (κ3) is 5.42. The zero-order valence-electron chi connectivity index (χ0n) is 16.6. The molecule has 1 unspecified atom stereocenters. The van der Waals surface area contributed by atoms with Gasteiger partial charge in [0.2, 0.25) is 11.8 Å². The summed E-state index contributed by atoms with van der Waals surface area (Å²) in [5, 5.41) is 3.98. The summed E-state index contributed by atoms with van der Waals surface area (Å²) >= 11 is 0. The minimum Gasteiger partial charge on any atom is -0.325 e. The van der Waals surface area contributed by atoms with Crippen LogP contribution in [0.25, 0.3) is 0 Å². The molecule has 0 aliphatic rings. The summed E-state index contributed by atoms with van der Waals surface area (Å²) in [4.78, 5) is 24.9. The molecule has 0 fully saturated rings. The highest BCUT2D eigenvalue weighted by atomic mass is 32.2. The highest BCUT2D eigenvalue weighted by molar-refractivity contribution is 7.93. The molecule has 0 aromatic heterocycles. The average Bonchev–Trinajstić information content (AvgIpc) is 2.60. The maximum atomic E-state index is 12.7. The number of rotatable bonds is 7. The fraction of sp³-hybridized carbons (Fsp3) is 0.333. The smallest absolute Gasteiger partial charge is 0.242 e. The van der Waals surface area contributed by atoms with Crippen molar-refractivity contribution in [3.05, 3.63) is 59.2 Å². The first-order valence-corrected chi connectivity index (χ1v) is 10.8. The van der Waals surface area contributed by atoms with Crippen LogP contribution in [0, 0.1) is 20.8 Å². The molecule has 6 nitrogen and oxygen atoms in total. The third-order valence-corrected chi connectivity index (χ3v) is 6.57. The fourth-order valence-electron chi connectivity index (χ4n) is 2.94. The highest BCUT2D eigenvalue weighted by Gasteiger charge is 2.33. The molecule has 0 aliphatic heterocycles. The number of hydrogen-bond donors (Lipinski definition) is 2. The van der Waals surface area contributed by atoms with E-state index in [1.54, 1.807) is 19.1 Å². The molecular formula is C21H26N2O4S. The summed E-state index contributed by atoms with van der Waals surface area (Å²) in [7, 11) is -3.97. The van der Waals surface area contributed by atoms with Crippen molar-refractivity contribution < 1.29 is 18.0 Å². The van der Waals surface area contributed by atoms with Crippen molar-refractivity contribution in [2.75, 3.05) is 16.4 Å². The monoisotopic (exact) mass is 402 g/mol. The van der Waals surface area contributed by atoms with Gasteiger partial charge in [0.25, 0.3) is 0 Å². The first-order chi connectivity index (χ1) is 13.1. The van der Waals surface area contributed by atoms with Crippen molar-refractivity contribution in [1.29, 1.82) is 0 Å². The zero-order valence-corrected chi connectivity index (χ0v) is 17.4. The van der Waals surface area contributed by atoms with Crippen LogP contribution in [0.4, 0.5) is 11.4 Å². The Bertz CT molecular complexity index is 946. The number of carbonyl (C=O) groups excluding carboxylic acids is 2. The normalized spacial score (nSPS) is 12.3. The lowest BCUT2D eigenvalue weighted by Gasteiger charge is -2.18. The lowest BCUT2D eigenvalue weighted by Crippen LogP contribution is -2.39. The molecule has 28 heavy (non-hydrogen) atoms. The number of carbonyl (C=O) groups is 2. The largest absolute Gasteiger partial charge is 0.325 e. The molecule has 150 valence electrons. The van der Waals surface area contributed by atoms with Crippen molar-refractivity contribution in [2.24, 2.45) is 0 Å². The summed E-state index contributed by atoms with van der Waals surface area (Å²) in [6.45, 7) is 7.21. The number of hydrogen-bond acceptors (Lipinski definition) is 4. The minimum atomic E-state index is -3.97. The molecule has 2 aromatic carbocycles. The summed E-state index contributed by atoms with van der Waals surface area (Å²) in [5.41, 5.74) is 3.83. The molecule has 2 aromatic rings. The van der Waals surface area contributed by atoms with E-state index in [2.05, 4.69) is 10.6 Å². The standard InChI is InChI=1S/C21H26N2O4S/c1-5-18(21(25)23-20-15(3)7-6-8-16(20)4)28(26,27)13-19(24)22-17-11-9-14(2)10-12-17/h6-12,18H,5,13H2,1-4H3,(H,22,24)(H,23,25). The SMILES string of the molecule is CCC(C(=O)Nc1c(C)cccc1C)S(=O)(=O)CC(=O)Nc1ccc(C)cc1. The number of anilines is 2. The fourth-order valence-corrected chi connectivity index (χ4v) is 4.47. The lowest BCUT2D eigenvalue weighted by molar-refractivity contribution is -0.115. The number of nitrogens with one attached hydrogen (secondary N) is 2. The van der Waals surface area contributed by atoms with Gasteiger partial charge in [-0.2, -0.15) is 0 Å². The molecule has 0 saturated carbocycles. The molecule has 0 spiro atoms. The van der Waals surface area contributed by atoms with Gasteiger partial charge in [0.1, 0.15) is 11.0 Å². The van der Waals surface area contributed by atoms with Crippen LogP contribution in [0.5, 0.6) is 0 Å². The second-order valence-corrected chi connectivity index (χ2v) is 9.06. The van der Waals surface area contributed by atoms with E-state index >= 15 is 0 Å². The first kappa shape index (κ1) is 21.6. The van der Waals surface area contributed by atoms with Crippen molar-refractivity contribution in [3.63, 3.8) is 0 Å². The van der Waals surface area contributed by atoms with Crippen molar-refractivity contribution in [3.8, 4) is 0 Å². The molecule has 0 heterocycles.